The van der Waals surface area contributed by atoms with Crippen molar-refractivity contribution < 1.29 is 4.74 Å². The Bertz CT molecular complexity index is 839. The standard InChI is InChI=1S/C17H18N4OS/c1-20(2)14-9-6-10-15(11-14)22-12-16-18-19-17(23)21(16)13-7-4-3-5-8-13/h3-11H,12H2,1-2H3,(H,19,23). The van der Waals surface area contributed by atoms with E-state index in [9.17, 15) is 0 Å². The van der Waals surface area contributed by atoms with E-state index in [4.69, 9.17) is 17.0 Å². The van der Waals surface area contributed by atoms with Crippen molar-refractivity contribution in [2.45, 2.75) is 6.61 Å². The maximum atomic E-state index is 5.88. The fourth-order valence-electron chi connectivity index (χ4n) is 2.27. The van der Waals surface area contributed by atoms with Crippen molar-refractivity contribution in [1.29, 1.82) is 0 Å². The molecule has 0 unspecified atom stereocenters. The molecule has 2 aromatic carbocycles. The van der Waals surface area contributed by atoms with Gasteiger partial charge < -0.3 is 9.64 Å². The van der Waals surface area contributed by atoms with Crippen LogP contribution in [0.5, 0.6) is 5.75 Å². The molecule has 0 aliphatic rings. The van der Waals surface area contributed by atoms with Crippen molar-refractivity contribution >= 4 is 17.9 Å². The third-order valence-electron chi connectivity index (χ3n) is 3.46. The summed E-state index contributed by atoms with van der Waals surface area (Å²) < 4.78 is 8.31. The number of H-pyrrole nitrogens is 1. The molecule has 0 radical (unpaired) electrons. The molecule has 0 spiro atoms. The minimum atomic E-state index is 0.332. The molecule has 0 saturated carbocycles. The lowest BCUT2D eigenvalue weighted by atomic mass is 10.3. The Balaban J connectivity index is 1.82. The number of aromatic nitrogens is 3. The van der Waals surface area contributed by atoms with Crippen LogP contribution in [0.4, 0.5) is 5.69 Å². The van der Waals surface area contributed by atoms with Gasteiger partial charge in [0.1, 0.15) is 12.4 Å². The summed E-state index contributed by atoms with van der Waals surface area (Å²) in [6.45, 7) is 0.332. The molecule has 0 amide bonds. The lowest BCUT2D eigenvalue weighted by Gasteiger charge is -2.14. The molecule has 1 aromatic heterocycles. The van der Waals surface area contributed by atoms with Gasteiger partial charge in [-0.15, -0.1) is 0 Å². The second-order valence-corrected chi connectivity index (χ2v) is 5.68. The molecular weight excluding hydrogens is 308 g/mol. The van der Waals surface area contributed by atoms with Gasteiger partial charge >= 0.3 is 0 Å². The first-order chi connectivity index (χ1) is 11.1. The Morgan fingerprint density at radius 2 is 1.91 bits per heavy atom. The number of hydrogen-bond donors (Lipinski definition) is 1. The summed E-state index contributed by atoms with van der Waals surface area (Å²) in [7, 11) is 4.00. The van der Waals surface area contributed by atoms with Crippen molar-refractivity contribution in [2.24, 2.45) is 0 Å². The van der Waals surface area contributed by atoms with Crippen LogP contribution < -0.4 is 9.64 Å². The highest BCUT2D eigenvalue weighted by Gasteiger charge is 2.09. The highest BCUT2D eigenvalue weighted by Crippen LogP contribution is 2.20. The molecular formula is C17H18N4OS. The Morgan fingerprint density at radius 3 is 2.65 bits per heavy atom. The predicted octanol–water partition coefficient (Wildman–Crippen LogP) is 3.57. The van der Waals surface area contributed by atoms with E-state index in [2.05, 4.69) is 10.2 Å². The molecule has 3 aromatic rings. The Hall–Kier alpha value is -2.60. The van der Waals surface area contributed by atoms with E-state index in [-0.39, 0.29) is 0 Å². The van der Waals surface area contributed by atoms with E-state index in [1.54, 1.807) is 0 Å². The van der Waals surface area contributed by atoms with Gasteiger partial charge in [-0.3, -0.25) is 9.67 Å². The second kappa shape index (κ2) is 6.66. The molecule has 0 saturated heterocycles. The monoisotopic (exact) mass is 326 g/mol. The van der Waals surface area contributed by atoms with Crippen molar-refractivity contribution in [3.8, 4) is 11.4 Å². The minimum absolute atomic E-state index is 0.332. The quantitative estimate of drug-likeness (QED) is 0.728. The molecule has 0 fully saturated rings. The van der Waals surface area contributed by atoms with Crippen molar-refractivity contribution in [2.75, 3.05) is 19.0 Å². The van der Waals surface area contributed by atoms with Gasteiger partial charge in [-0.05, 0) is 36.5 Å². The molecule has 23 heavy (non-hydrogen) atoms. The van der Waals surface area contributed by atoms with Gasteiger partial charge in [0.15, 0.2) is 10.6 Å². The first-order valence-corrected chi connectivity index (χ1v) is 7.68. The number of ether oxygens (including phenoxy) is 1. The summed E-state index contributed by atoms with van der Waals surface area (Å²) in [6.07, 6.45) is 0. The number of hydrogen-bond acceptors (Lipinski definition) is 4. The van der Waals surface area contributed by atoms with E-state index in [0.717, 1.165) is 22.9 Å². The Labute approximate surface area is 140 Å². The molecule has 0 atom stereocenters. The fraction of sp³-hybridized carbons (Fsp3) is 0.176. The molecule has 1 N–H and O–H groups in total. The largest absolute Gasteiger partial charge is 0.486 e. The molecule has 1 heterocycles. The minimum Gasteiger partial charge on any atom is -0.486 e. The van der Waals surface area contributed by atoms with Crippen molar-refractivity contribution in [3.05, 3.63) is 65.2 Å². The summed E-state index contributed by atoms with van der Waals surface area (Å²) in [4.78, 5) is 2.03. The van der Waals surface area contributed by atoms with Gasteiger partial charge in [0.2, 0.25) is 0 Å². The molecule has 118 valence electrons. The molecule has 0 aliphatic heterocycles. The van der Waals surface area contributed by atoms with Crippen LogP contribution in [-0.4, -0.2) is 28.9 Å². The number of benzene rings is 2. The summed E-state index contributed by atoms with van der Waals surface area (Å²) in [5.41, 5.74) is 2.05. The number of anilines is 1. The van der Waals surface area contributed by atoms with Crippen molar-refractivity contribution in [1.82, 2.24) is 14.8 Å². The normalized spacial score (nSPS) is 10.5. The topological polar surface area (TPSA) is 46.1 Å². The summed E-state index contributed by atoms with van der Waals surface area (Å²) in [5.74, 6) is 1.53. The fourth-order valence-corrected chi connectivity index (χ4v) is 2.53. The first kappa shape index (κ1) is 15.3. The third kappa shape index (κ3) is 3.43. The Kier molecular flexibility index (Phi) is 4.43. The number of nitrogens with one attached hydrogen (secondary N) is 1. The number of para-hydroxylation sites is 1. The molecule has 6 heteroatoms. The van der Waals surface area contributed by atoms with E-state index >= 15 is 0 Å². The zero-order valence-electron chi connectivity index (χ0n) is 13.1. The van der Waals surface area contributed by atoms with E-state index in [1.165, 1.54) is 0 Å². The van der Waals surface area contributed by atoms with E-state index < -0.39 is 0 Å². The van der Waals surface area contributed by atoms with Crippen LogP contribution in [0.25, 0.3) is 5.69 Å². The van der Waals surface area contributed by atoms with Crippen LogP contribution in [0.1, 0.15) is 5.82 Å². The van der Waals surface area contributed by atoms with E-state index in [0.29, 0.717) is 11.4 Å². The zero-order valence-corrected chi connectivity index (χ0v) is 13.9. The lowest BCUT2D eigenvalue weighted by molar-refractivity contribution is 0.293. The lowest BCUT2D eigenvalue weighted by Crippen LogP contribution is -2.09. The van der Waals surface area contributed by atoms with Crippen LogP contribution in [0.3, 0.4) is 0 Å². The zero-order chi connectivity index (χ0) is 16.2. The van der Waals surface area contributed by atoms with Gasteiger partial charge in [0, 0.05) is 31.5 Å². The Morgan fingerprint density at radius 1 is 1.13 bits per heavy atom. The average Bonchev–Trinajstić information content (AvgIpc) is 2.94. The maximum absolute atomic E-state index is 5.88. The molecule has 0 bridgehead atoms. The van der Waals surface area contributed by atoms with Crippen LogP contribution in [0.2, 0.25) is 0 Å². The molecule has 3 rings (SSSR count). The highest BCUT2D eigenvalue weighted by atomic mass is 32.1. The summed E-state index contributed by atoms with van der Waals surface area (Å²) >= 11 is 5.32. The van der Waals surface area contributed by atoms with Gasteiger partial charge in [-0.2, -0.15) is 5.10 Å². The second-order valence-electron chi connectivity index (χ2n) is 5.30. The molecule has 0 aliphatic carbocycles. The maximum Gasteiger partial charge on any atom is 0.199 e. The van der Waals surface area contributed by atoms with Crippen LogP contribution in [0.15, 0.2) is 54.6 Å². The summed E-state index contributed by atoms with van der Waals surface area (Å²) in [6, 6.07) is 17.8. The van der Waals surface area contributed by atoms with Crippen LogP contribution in [0, 0.1) is 4.77 Å². The van der Waals surface area contributed by atoms with Crippen molar-refractivity contribution in [3.63, 3.8) is 0 Å². The van der Waals surface area contributed by atoms with E-state index in [1.807, 2.05) is 78.2 Å². The SMILES string of the molecule is CN(C)c1cccc(OCc2n[nH]c(=S)n2-c2ccccc2)c1. The van der Waals surface area contributed by atoms with Crippen LogP contribution in [-0.2, 0) is 6.61 Å². The highest BCUT2D eigenvalue weighted by molar-refractivity contribution is 7.71. The van der Waals surface area contributed by atoms with Crippen LogP contribution >= 0.6 is 12.2 Å². The number of nitrogens with zero attached hydrogens (tertiary/aromatic N) is 3. The van der Waals surface area contributed by atoms with Gasteiger partial charge in [-0.1, -0.05) is 24.3 Å². The van der Waals surface area contributed by atoms with Gasteiger partial charge in [0.25, 0.3) is 0 Å². The third-order valence-corrected chi connectivity index (χ3v) is 3.73. The number of rotatable bonds is 5. The van der Waals surface area contributed by atoms with Gasteiger partial charge in [0.05, 0.1) is 0 Å². The molecule has 5 nitrogen and oxygen atoms in total. The predicted molar refractivity (Wildman–Crippen MR) is 93.8 cm³/mol. The number of aromatic amines is 1. The average molecular weight is 326 g/mol. The first-order valence-electron chi connectivity index (χ1n) is 7.27. The summed E-state index contributed by atoms with van der Waals surface area (Å²) in [5, 5.41) is 7.10. The smallest absolute Gasteiger partial charge is 0.199 e. The van der Waals surface area contributed by atoms with Gasteiger partial charge in [-0.25, -0.2) is 0 Å².